The fraction of sp³-hybridized carbons (Fsp3) is 0.818. The van der Waals surface area contributed by atoms with Crippen molar-refractivity contribution in [2.45, 2.75) is 33.1 Å². The largest absolute Gasteiger partial charge is 0.521 e. The predicted octanol–water partition coefficient (Wildman–Crippen LogP) is 0.371. The molecule has 0 aromatic heterocycles. The van der Waals surface area contributed by atoms with Gasteiger partial charge in [0.15, 0.2) is 0 Å². The molecule has 0 spiro atoms. The zero-order valence-electron chi connectivity index (χ0n) is 10.6. The van der Waals surface area contributed by atoms with E-state index >= 15 is 0 Å². The number of rotatable bonds is 3. The molecule has 6 heteroatoms. The van der Waals surface area contributed by atoms with Gasteiger partial charge in [-0.15, -0.1) is 0 Å². The molecule has 3 N–H and O–H groups in total. The normalized spacial score (nSPS) is 28.1. The van der Waals surface area contributed by atoms with E-state index in [9.17, 15) is 9.59 Å². The summed E-state index contributed by atoms with van der Waals surface area (Å²) in [6, 6.07) is 0. The van der Waals surface area contributed by atoms with E-state index < -0.39 is 23.8 Å². The van der Waals surface area contributed by atoms with Crippen LogP contribution in [0.3, 0.4) is 0 Å². The van der Waals surface area contributed by atoms with Gasteiger partial charge in [0.2, 0.25) is 0 Å². The first-order chi connectivity index (χ1) is 7.93. The van der Waals surface area contributed by atoms with E-state index in [0.29, 0.717) is 41.3 Å². The Morgan fingerprint density at radius 1 is 1.06 bits per heavy atom. The molecule has 0 amide bonds. The summed E-state index contributed by atoms with van der Waals surface area (Å²) >= 11 is 0.306. The van der Waals surface area contributed by atoms with Crippen LogP contribution in [0.25, 0.3) is 0 Å². The second kappa shape index (κ2) is 7.70. The Bertz CT molecular complexity index is 267. The minimum atomic E-state index is -0.968. The van der Waals surface area contributed by atoms with Crippen LogP contribution in [0.15, 0.2) is 0 Å². The summed E-state index contributed by atoms with van der Waals surface area (Å²) in [5.41, 5.74) is 0. The molecule has 3 atom stereocenters. The highest BCUT2D eigenvalue weighted by molar-refractivity contribution is 5.95. The molecule has 1 saturated carbocycles. The van der Waals surface area contributed by atoms with Crippen molar-refractivity contribution in [2.24, 2.45) is 23.7 Å². The molecular weight excluding hydrogens is 239 g/mol. The summed E-state index contributed by atoms with van der Waals surface area (Å²) < 4.78 is 7.14. The molecule has 17 heavy (non-hydrogen) atoms. The van der Waals surface area contributed by atoms with Gasteiger partial charge in [0.05, 0.1) is 11.8 Å². The van der Waals surface area contributed by atoms with Gasteiger partial charge in [-0.05, 0) is 31.1 Å². The number of carboxylic acids is 2. The summed E-state index contributed by atoms with van der Waals surface area (Å²) in [7, 11) is 0. The first-order valence-electron chi connectivity index (χ1n) is 5.83. The molecule has 1 fully saturated rings. The molecule has 0 aliphatic heterocycles. The highest BCUT2D eigenvalue weighted by atomic mass is 27.1. The fourth-order valence-corrected chi connectivity index (χ4v) is 2.38. The summed E-state index contributed by atoms with van der Waals surface area (Å²) in [6.07, 6.45) is 1.83. The van der Waals surface area contributed by atoms with Gasteiger partial charge in [-0.1, -0.05) is 13.8 Å². The topological polar surface area (TPSA) is 94.8 Å². The third-order valence-corrected chi connectivity index (χ3v) is 3.47. The SMILES string of the molecule is CC(C)C1CCC(C(=O)O)C(C(=O)O)C1.[OH][AlH2]. The van der Waals surface area contributed by atoms with E-state index in [1.54, 1.807) is 0 Å². The van der Waals surface area contributed by atoms with Crippen LogP contribution in [0.5, 0.6) is 0 Å². The van der Waals surface area contributed by atoms with Crippen LogP contribution in [0.1, 0.15) is 33.1 Å². The summed E-state index contributed by atoms with van der Waals surface area (Å²) in [5.74, 6) is -2.55. The Hall–Kier alpha value is -0.568. The summed E-state index contributed by atoms with van der Waals surface area (Å²) in [4.78, 5) is 21.9. The lowest BCUT2D eigenvalue weighted by Crippen LogP contribution is -2.36. The minimum Gasteiger partial charge on any atom is -0.521 e. The maximum atomic E-state index is 11.0. The number of aliphatic carboxylic acids is 2. The van der Waals surface area contributed by atoms with E-state index in [2.05, 4.69) is 13.8 Å². The highest BCUT2D eigenvalue weighted by Crippen LogP contribution is 2.37. The molecule has 1 aliphatic rings. The first-order valence-corrected chi connectivity index (χ1v) is 6.73. The Morgan fingerprint density at radius 2 is 1.53 bits per heavy atom. The Kier molecular flexibility index (Phi) is 7.44. The van der Waals surface area contributed by atoms with Gasteiger partial charge in [0.1, 0.15) is 0 Å². The van der Waals surface area contributed by atoms with E-state index in [1.807, 2.05) is 0 Å². The van der Waals surface area contributed by atoms with Gasteiger partial charge >= 0.3 is 28.6 Å². The molecule has 3 unspecified atom stereocenters. The third kappa shape index (κ3) is 4.66. The van der Waals surface area contributed by atoms with Crippen molar-refractivity contribution in [1.29, 1.82) is 0 Å². The molecule has 0 radical (unpaired) electrons. The van der Waals surface area contributed by atoms with Crippen molar-refractivity contribution in [2.75, 3.05) is 0 Å². The molecule has 0 saturated heterocycles. The van der Waals surface area contributed by atoms with Crippen LogP contribution in [0, 0.1) is 23.7 Å². The maximum absolute atomic E-state index is 11.0. The quantitative estimate of drug-likeness (QED) is 0.637. The number of carboxylic acid groups (broad SMARTS) is 2. The van der Waals surface area contributed by atoms with Crippen molar-refractivity contribution in [3.63, 3.8) is 0 Å². The maximum Gasteiger partial charge on any atom is 0.407 e. The van der Waals surface area contributed by atoms with Gasteiger partial charge in [0.25, 0.3) is 0 Å². The molecule has 1 rings (SSSR count). The standard InChI is InChI=1S/C11H18O4.Al.H2O.2H/c1-6(2)7-3-4-8(10(12)13)9(5-7)11(14)15;;;;/h6-9H,3-5H2,1-2H3,(H,12,13)(H,14,15);;1H2;;/q;+1;;;/p-1. The van der Waals surface area contributed by atoms with E-state index in [-0.39, 0.29) is 0 Å². The van der Waals surface area contributed by atoms with Crippen molar-refractivity contribution in [1.82, 2.24) is 0 Å². The number of carbonyl (C=O) groups is 2. The van der Waals surface area contributed by atoms with Crippen molar-refractivity contribution in [3.8, 4) is 0 Å². The molecule has 98 valence electrons. The molecule has 0 bridgehead atoms. The molecule has 1 aliphatic carbocycles. The molecule has 5 nitrogen and oxygen atoms in total. The molecule has 0 aromatic rings. The van der Waals surface area contributed by atoms with Gasteiger partial charge in [0, 0.05) is 0 Å². The van der Waals surface area contributed by atoms with Crippen molar-refractivity contribution >= 4 is 28.6 Å². The Balaban J connectivity index is 0.00000121. The first kappa shape index (κ1) is 16.4. The predicted molar refractivity (Wildman–Crippen MR) is 65.2 cm³/mol. The average molecular weight is 260 g/mol. The van der Waals surface area contributed by atoms with Crippen molar-refractivity contribution in [3.05, 3.63) is 0 Å². The van der Waals surface area contributed by atoms with E-state index in [4.69, 9.17) is 14.4 Å². The highest BCUT2D eigenvalue weighted by Gasteiger charge is 2.39. The minimum absolute atomic E-state index is 0.306. The zero-order valence-corrected chi connectivity index (χ0v) is 12.6. The van der Waals surface area contributed by atoms with Gasteiger partial charge in [-0.2, -0.15) is 0 Å². The smallest absolute Gasteiger partial charge is 0.407 e. The molecule has 0 heterocycles. The van der Waals surface area contributed by atoms with Crippen LogP contribution < -0.4 is 0 Å². The van der Waals surface area contributed by atoms with E-state index in [1.165, 1.54) is 0 Å². The molecular formula is C11H21AlO5. The molecule has 0 aromatic carbocycles. The van der Waals surface area contributed by atoms with Crippen LogP contribution >= 0.6 is 0 Å². The van der Waals surface area contributed by atoms with Gasteiger partial charge in [-0.25, -0.2) is 0 Å². The second-order valence-corrected chi connectivity index (χ2v) is 4.71. The Labute approximate surface area is 110 Å². The summed E-state index contributed by atoms with van der Waals surface area (Å²) in [6.45, 7) is 4.12. The fourth-order valence-electron chi connectivity index (χ4n) is 2.38. The summed E-state index contributed by atoms with van der Waals surface area (Å²) in [5, 5.41) is 17.9. The average Bonchev–Trinajstić information content (AvgIpc) is 2.30. The van der Waals surface area contributed by atoms with Crippen LogP contribution in [0.2, 0.25) is 0 Å². The zero-order chi connectivity index (χ0) is 13.6. The van der Waals surface area contributed by atoms with Crippen LogP contribution in [0.4, 0.5) is 0 Å². The van der Waals surface area contributed by atoms with Gasteiger partial charge in [-0.3, -0.25) is 9.59 Å². The van der Waals surface area contributed by atoms with E-state index in [0.717, 1.165) is 6.42 Å². The number of hydrogen-bond donors (Lipinski definition) is 3. The lowest BCUT2D eigenvalue weighted by atomic mass is 9.70. The lowest BCUT2D eigenvalue weighted by molar-refractivity contribution is -0.157. The van der Waals surface area contributed by atoms with Crippen LogP contribution in [-0.4, -0.2) is 42.9 Å². The number of hydrogen-bond acceptors (Lipinski definition) is 3. The lowest BCUT2D eigenvalue weighted by Gasteiger charge is -2.33. The van der Waals surface area contributed by atoms with Gasteiger partial charge < -0.3 is 14.4 Å². The van der Waals surface area contributed by atoms with Crippen molar-refractivity contribution < 1.29 is 24.0 Å². The Morgan fingerprint density at radius 3 is 1.88 bits per heavy atom. The van der Waals surface area contributed by atoms with Crippen LogP contribution in [-0.2, 0) is 9.59 Å². The third-order valence-electron chi connectivity index (χ3n) is 3.47. The second-order valence-electron chi connectivity index (χ2n) is 4.71. The monoisotopic (exact) mass is 260 g/mol.